The van der Waals surface area contributed by atoms with Crippen LogP contribution in [0.1, 0.15) is 315 Å². The summed E-state index contributed by atoms with van der Waals surface area (Å²) in [5, 5.41) is 7.49. The monoisotopic (exact) mass is 1880 g/mol. The van der Waals surface area contributed by atoms with Gasteiger partial charge in [0.05, 0.1) is 50.2 Å². The number of nitrogens with zero attached hydrogens (tertiary/aromatic N) is 5. The lowest BCUT2D eigenvalue weighted by molar-refractivity contribution is 0.569. The fourth-order valence-electron chi connectivity index (χ4n) is 23.0. The second-order valence-corrected chi connectivity index (χ2v) is 53.9. The zero-order valence-electron chi connectivity index (χ0n) is 92.4. The predicted molar refractivity (Wildman–Crippen MR) is 625 cm³/mol. The van der Waals surface area contributed by atoms with E-state index in [4.69, 9.17) is 0 Å². The van der Waals surface area contributed by atoms with Crippen molar-refractivity contribution in [2.75, 3.05) is 9.80 Å². The second kappa shape index (κ2) is 33.5. The highest BCUT2D eigenvalue weighted by molar-refractivity contribution is 7.00. The molecule has 0 atom stereocenters. The Bertz CT molecular complexity index is 8000. The molecule has 20 rings (SSSR count). The summed E-state index contributed by atoms with van der Waals surface area (Å²) >= 11 is 0. The van der Waals surface area contributed by atoms with Crippen LogP contribution in [-0.4, -0.2) is 20.4 Å². The zero-order valence-corrected chi connectivity index (χ0v) is 92.4. The van der Waals surface area contributed by atoms with E-state index < -0.39 is 0 Å². The highest BCUT2D eigenvalue weighted by Gasteiger charge is 2.48. The minimum absolute atomic E-state index is 0.103. The molecule has 0 saturated carbocycles. The summed E-state index contributed by atoms with van der Waals surface area (Å²) in [5.74, 6) is 0.318. The molecule has 0 aliphatic carbocycles. The summed E-state index contributed by atoms with van der Waals surface area (Å²) in [4.78, 5) is 5.69. The largest absolute Gasteiger partial charge is 0.310 e. The van der Waals surface area contributed by atoms with Gasteiger partial charge >= 0.3 is 0 Å². The Morgan fingerprint density at radius 1 is 0.210 bits per heavy atom. The molecule has 2 aliphatic rings. The van der Waals surface area contributed by atoms with Gasteiger partial charge in [-0.15, -0.1) is 0 Å². The van der Waals surface area contributed by atoms with Crippen LogP contribution in [0, 0.1) is 0 Å². The van der Waals surface area contributed by atoms with E-state index in [2.05, 4.69) is 545 Å². The van der Waals surface area contributed by atoms with Crippen LogP contribution in [0.25, 0.3) is 127 Å². The molecule has 5 nitrogen and oxygen atoms in total. The molecule has 6 heteroatoms. The molecule has 0 fully saturated rings. The lowest BCUT2D eigenvalue weighted by Gasteiger charge is -2.46. The SMILES string of the molecule is CC(C)c1ccc2c(c1)c1cc(C(C)(C)C)ccc1n2-c1ccc2c(c1)N(c1c(-c3ccc(C(C)(C)C)cc3)cccc1-c1cc(C(C)(C)C)cc(C(C)(C)C)c1)c1cc(-n3c4ccc(C(C)(C)C)cc4c4cc(C(C)(C)C)ccc43)cc3c1B2c1ccc(-n2c4ccc(C(C)(C)C)cc4c4cc(C(C)(C)C)ccc42)cc1N3c1c(-c2ccc(C(C)(C)C)cc2)cccc1-c1c(C(C)(C)C)cccc1C(C)(C)C. The molecule has 0 saturated heterocycles. The van der Waals surface area contributed by atoms with Gasteiger partial charge in [-0.2, -0.15) is 0 Å². The molecule has 15 aromatic carbocycles. The summed E-state index contributed by atoms with van der Waals surface area (Å²) in [6.07, 6.45) is 0. The van der Waals surface area contributed by atoms with Gasteiger partial charge in [-0.3, -0.25) is 0 Å². The average Bonchev–Trinajstić information content (AvgIpc) is 1.55. The van der Waals surface area contributed by atoms with Crippen LogP contribution >= 0.6 is 0 Å². The van der Waals surface area contributed by atoms with Crippen LogP contribution in [-0.2, 0) is 59.6 Å². The second-order valence-electron chi connectivity index (χ2n) is 53.9. The van der Waals surface area contributed by atoms with Crippen LogP contribution in [0.15, 0.2) is 279 Å². The van der Waals surface area contributed by atoms with Crippen molar-refractivity contribution in [2.24, 2.45) is 0 Å². The smallest absolute Gasteiger partial charge is 0.252 e. The molecule has 3 aromatic heterocycles. The van der Waals surface area contributed by atoms with Gasteiger partial charge < -0.3 is 23.5 Å². The van der Waals surface area contributed by atoms with E-state index in [1.54, 1.807) is 0 Å². The zero-order chi connectivity index (χ0) is 102. The van der Waals surface area contributed by atoms with E-state index in [0.717, 1.165) is 90.0 Å². The molecule has 143 heavy (non-hydrogen) atoms. The van der Waals surface area contributed by atoms with Gasteiger partial charge in [0, 0.05) is 88.7 Å². The van der Waals surface area contributed by atoms with Crippen LogP contribution in [0.3, 0.4) is 0 Å². The highest BCUT2D eigenvalue weighted by atomic mass is 15.2. The van der Waals surface area contributed by atoms with Gasteiger partial charge in [-0.1, -0.05) is 412 Å². The van der Waals surface area contributed by atoms with E-state index >= 15 is 0 Å². The third kappa shape index (κ3) is 17.0. The normalized spacial score (nSPS) is 13.9. The average molecular weight is 1880 g/mol. The molecule has 0 amide bonds. The minimum atomic E-state index is -0.383. The fraction of sp³-hybridized carbons (Fsp3) is 0.343. The molecule has 0 unspecified atom stereocenters. The first-order valence-electron chi connectivity index (χ1n) is 52.8. The van der Waals surface area contributed by atoms with Gasteiger partial charge in [0.15, 0.2) is 0 Å². The number of hydrogen-bond donors (Lipinski definition) is 0. The predicted octanol–water partition coefficient (Wildman–Crippen LogP) is 37.1. The Morgan fingerprint density at radius 2 is 0.483 bits per heavy atom. The number of benzene rings is 15. The highest BCUT2D eigenvalue weighted by Crippen LogP contribution is 2.58. The fourth-order valence-corrected chi connectivity index (χ4v) is 23.0. The standard InChI is InChI=1S/C137H152BN5/c1-82(2)85-49-63-113-103(71-85)104-73-89(129(9,10)11)54-64-114(104)139(113)96-59-61-111-119(78-96)142(125-99(83-45-50-87(51-46-83)127(3,4)5)39-36-41-101(125)86-69-94(134(24,25)26)72-95(70-86)135(27,28)29)121-80-98(141-117-67-57-92(132(18,19)20)76-107(117)108-77-93(133(21,22)23)58-68-118(108)141)81-122-124(121)138(111)112-62-60-97(140-115-65-55-90(130(12,13)14)74-105(115)106-75-91(131(15,16)17)56-66-116(106)140)79-120(112)143(122)126-100(84-47-52-88(53-48-84)128(6,7)8)40-37-42-102(126)123-109(136(30,31)32)43-38-44-110(123)137(33,34)35/h36-82H,1-35H3. The maximum absolute atomic E-state index is 2.85. The maximum Gasteiger partial charge on any atom is 0.252 e. The van der Waals surface area contributed by atoms with Gasteiger partial charge in [0.25, 0.3) is 6.71 Å². The van der Waals surface area contributed by atoms with E-state index in [1.165, 1.54) is 154 Å². The molecular formula is C137H152BN5. The Kier molecular flexibility index (Phi) is 22.9. The van der Waals surface area contributed by atoms with Gasteiger partial charge in [0.2, 0.25) is 0 Å². The number of rotatable bonds is 10. The Labute approximate surface area is 855 Å². The topological polar surface area (TPSA) is 21.3 Å². The first-order chi connectivity index (χ1) is 66.7. The quantitative estimate of drug-likeness (QED) is 0.127. The summed E-state index contributed by atoms with van der Waals surface area (Å²) in [7, 11) is 0. The molecule has 18 aromatic rings. The first-order valence-corrected chi connectivity index (χ1v) is 52.8. The first kappa shape index (κ1) is 97.8. The Balaban J connectivity index is 1.05. The number of hydrogen-bond acceptors (Lipinski definition) is 2. The maximum atomic E-state index is 2.85. The summed E-state index contributed by atoms with van der Waals surface area (Å²) in [5.41, 5.74) is 43.6. The van der Waals surface area contributed by atoms with Crippen LogP contribution in [0.4, 0.5) is 34.1 Å². The third-order valence-corrected chi connectivity index (χ3v) is 31.7. The molecule has 728 valence electrons. The van der Waals surface area contributed by atoms with Crippen molar-refractivity contribution in [1.29, 1.82) is 0 Å². The third-order valence-electron chi connectivity index (χ3n) is 31.7. The number of para-hydroxylation sites is 2. The van der Waals surface area contributed by atoms with Gasteiger partial charge in [-0.05, 0) is 280 Å². The molecular weight excluding hydrogens is 1730 g/mol. The molecule has 2 aliphatic heterocycles. The Morgan fingerprint density at radius 3 is 0.797 bits per heavy atom. The lowest BCUT2D eigenvalue weighted by Crippen LogP contribution is -2.61. The van der Waals surface area contributed by atoms with Crippen molar-refractivity contribution in [3.05, 3.63) is 346 Å². The molecule has 5 heterocycles. The van der Waals surface area contributed by atoms with Crippen molar-refractivity contribution in [3.63, 3.8) is 0 Å². The minimum Gasteiger partial charge on any atom is -0.310 e. The molecule has 0 bridgehead atoms. The lowest BCUT2D eigenvalue weighted by atomic mass is 9.33. The van der Waals surface area contributed by atoms with Crippen molar-refractivity contribution in [1.82, 2.24) is 13.7 Å². The molecule has 0 N–H and O–H groups in total. The van der Waals surface area contributed by atoms with Crippen molar-refractivity contribution >= 4 is 123 Å². The van der Waals surface area contributed by atoms with Crippen molar-refractivity contribution in [3.8, 4) is 61.6 Å². The van der Waals surface area contributed by atoms with E-state index in [-0.39, 0.29) is 66.3 Å². The molecule has 0 radical (unpaired) electrons. The van der Waals surface area contributed by atoms with E-state index in [9.17, 15) is 0 Å². The van der Waals surface area contributed by atoms with Crippen LogP contribution in [0.5, 0.6) is 0 Å². The van der Waals surface area contributed by atoms with Gasteiger partial charge in [0.1, 0.15) is 0 Å². The van der Waals surface area contributed by atoms with Crippen LogP contribution < -0.4 is 26.2 Å². The summed E-state index contributed by atoms with van der Waals surface area (Å²) < 4.78 is 7.92. The van der Waals surface area contributed by atoms with Crippen molar-refractivity contribution < 1.29 is 0 Å². The Hall–Kier alpha value is -12.6. The number of fused-ring (bicyclic) bond motifs is 13. The van der Waals surface area contributed by atoms with Gasteiger partial charge in [-0.25, -0.2) is 0 Å². The summed E-state index contributed by atoms with van der Waals surface area (Å²) in [6.45, 7) is 82.8. The summed E-state index contributed by atoms with van der Waals surface area (Å²) in [6, 6.07) is 114. The van der Waals surface area contributed by atoms with Crippen LogP contribution in [0.2, 0.25) is 0 Å². The van der Waals surface area contributed by atoms with Crippen molar-refractivity contribution in [2.45, 2.75) is 308 Å². The van der Waals surface area contributed by atoms with E-state index in [1.807, 2.05) is 0 Å². The van der Waals surface area contributed by atoms with E-state index in [0.29, 0.717) is 5.92 Å². The number of aromatic nitrogens is 3. The molecule has 0 spiro atoms. The number of anilines is 6.